The summed E-state index contributed by atoms with van der Waals surface area (Å²) in [6, 6.07) is 8.68. The van der Waals surface area contributed by atoms with E-state index >= 15 is 0 Å². The van der Waals surface area contributed by atoms with Crippen LogP contribution in [0.1, 0.15) is 37.7 Å². The van der Waals surface area contributed by atoms with Crippen LogP contribution in [0.15, 0.2) is 24.3 Å². The highest BCUT2D eigenvalue weighted by Gasteiger charge is 2.34. The van der Waals surface area contributed by atoms with Crippen LogP contribution in [-0.2, 0) is 4.74 Å². The van der Waals surface area contributed by atoms with Crippen molar-refractivity contribution in [3.05, 3.63) is 29.8 Å². The van der Waals surface area contributed by atoms with Gasteiger partial charge in [0.05, 0.1) is 0 Å². The number of carbonyl (C=O) groups excluding carboxylic acids is 1. The molecule has 32 heavy (non-hydrogen) atoms. The maximum Gasteiger partial charge on any atom is 0.410 e. The molecule has 6 heteroatoms. The molecular weight excluding hydrogens is 400 g/mol. The van der Waals surface area contributed by atoms with Gasteiger partial charge in [-0.05, 0) is 84.3 Å². The lowest BCUT2D eigenvalue weighted by Gasteiger charge is -2.40. The SMILES string of the molecule is Cc1ccc(N2CCN(C(=O)OC(C[C@@H]3CCCN(C)C3)[C@H]3CCCN(C)C3)CC2)cc1. The maximum atomic E-state index is 13.2. The minimum absolute atomic E-state index is 0.0388. The third-order valence-corrected chi connectivity index (χ3v) is 7.66. The number of benzene rings is 1. The molecule has 0 N–H and O–H groups in total. The lowest BCUT2D eigenvalue weighted by Crippen LogP contribution is -2.50. The predicted octanol–water partition coefficient (Wildman–Crippen LogP) is 3.70. The van der Waals surface area contributed by atoms with Crippen LogP contribution in [0.3, 0.4) is 0 Å². The number of amides is 1. The Hall–Kier alpha value is -1.79. The molecule has 3 aliphatic rings. The molecule has 6 nitrogen and oxygen atoms in total. The predicted molar refractivity (Wildman–Crippen MR) is 130 cm³/mol. The first-order valence-corrected chi connectivity index (χ1v) is 12.6. The summed E-state index contributed by atoms with van der Waals surface area (Å²) in [5.41, 5.74) is 2.52. The van der Waals surface area contributed by atoms with Gasteiger partial charge >= 0.3 is 6.09 Å². The summed E-state index contributed by atoms with van der Waals surface area (Å²) >= 11 is 0. The van der Waals surface area contributed by atoms with Crippen LogP contribution in [0.25, 0.3) is 0 Å². The molecule has 0 radical (unpaired) electrons. The van der Waals surface area contributed by atoms with Gasteiger partial charge in [0.15, 0.2) is 0 Å². The molecular formula is C26H42N4O2. The Morgan fingerprint density at radius 1 is 0.938 bits per heavy atom. The highest BCUT2D eigenvalue weighted by molar-refractivity contribution is 5.68. The summed E-state index contributed by atoms with van der Waals surface area (Å²) in [5, 5.41) is 0. The van der Waals surface area contributed by atoms with Crippen molar-refractivity contribution >= 4 is 11.8 Å². The van der Waals surface area contributed by atoms with Gasteiger partial charge < -0.3 is 24.3 Å². The molecule has 3 saturated heterocycles. The zero-order valence-electron chi connectivity index (χ0n) is 20.3. The fraction of sp³-hybridized carbons (Fsp3) is 0.731. The highest BCUT2D eigenvalue weighted by Crippen LogP contribution is 2.30. The zero-order chi connectivity index (χ0) is 22.5. The van der Waals surface area contributed by atoms with Crippen molar-refractivity contribution in [1.82, 2.24) is 14.7 Å². The Bertz CT molecular complexity index is 732. The van der Waals surface area contributed by atoms with Gasteiger partial charge in [0.1, 0.15) is 6.10 Å². The Labute approximate surface area is 194 Å². The van der Waals surface area contributed by atoms with Crippen molar-refractivity contribution in [1.29, 1.82) is 0 Å². The van der Waals surface area contributed by atoms with Crippen LogP contribution < -0.4 is 4.90 Å². The molecule has 0 aliphatic carbocycles. The van der Waals surface area contributed by atoms with E-state index in [4.69, 9.17) is 4.74 Å². The summed E-state index contributed by atoms with van der Waals surface area (Å²) in [7, 11) is 4.42. The van der Waals surface area contributed by atoms with Crippen LogP contribution in [0, 0.1) is 18.8 Å². The molecule has 1 aromatic carbocycles. The monoisotopic (exact) mass is 442 g/mol. The number of rotatable bonds is 5. The summed E-state index contributed by atoms with van der Waals surface area (Å²) in [6.45, 7) is 9.83. The smallest absolute Gasteiger partial charge is 0.410 e. The Balaban J connectivity index is 1.34. The minimum Gasteiger partial charge on any atom is -0.446 e. The molecule has 3 fully saturated rings. The van der Waals surface area contributed by atoms with Gasteiger partial charge in [-0.25, -0.2) is 4.79 Å². The number of hydrogen-bond acceptors (Lipinski definition) is 5. The lowest BCUT2D eigenvalue weighted by molar-refractivity contribution is -0.00411. The summed E-state index contributed by atoms with van der Waals surface area (Å²) in [6.07, 6.45) is 5.84. The van der Waals surface area contributed by atoms with Gasteiger partial charge in [-0.3, -0.25) is 0 Å². The molecule has 0 saturated carbocycles. The van der Waals surface area contributed by atoms with E-state index in [1.54, 1.807) is 0 Å². The number of hydrogen-bond donors (Lipinski definition) is 0. The second-order valence-corrected chi connectivity index (χ2v) is 10.4. The van der Waals surface area contributed by atoms with E-state index in [-0.39, 0.29) is 12.2 Å². The number of nitrogens with zero attached hydrogens (tertiary/aromatic N) is 4. The summed E-state index contributed by atoms with van der Waals surface area (Å²) in [5.74, 6) is 1.09. The molecule has 0 spiro atoms. The Morgan fingerprint density at radius 2 is 1.59 bits per heavy atom. The first-order valence-electron chi connectivity index (χ1n) is 12.6. The molecule has 4 rings (SSSR count). The van der Waals surface area contributed by atoms with Gasteiger partial charge in [-0.2, -0.15) is 0 Å². The third-order valence-electron chi connectivity index (χ3n) is 7.66. The standard InChI is InChI=1S/C26H42N4O2/c1-21-8-10-24(11-9-21)29-14-16-30(17-15-29)26(31)32-25(23-7-5-13-28(3)20-23)18-22-6-4-12-27(2)19-22/h8-11,22-23,25H,4-7,12-20H2,1-3H3/t22-,23-,25?/m0/s1. The Kier molecular flexibility index (Phi) is 7.95. The molecule has 178 valence electrons. The van der Waals surface area contributed by atoms with Gasteiger partial charge in [0.25, 0.3) is 0 Å². The van der Waals surface area contributed by atoms with Crippen LogP contribution in [-0.4, -0.2) is 93.4 Å². The van der Waals surface area contributed by atoms with Crippen molar-refractivity contribution in [3.8, 4) is 0 Å². The molecule has 3 aliphatic heterocycles. The van der Waals surface area contributed by atoms with Crippen LogP contribution >= 0.6 is 0 Å². The van der Waals surface area contributed by atoms with E-state index < -0.39 is 0 Å². The summed E-state index contributed by atoms with van der Waals surface area (Å²) < 4.78 is 6.30. The van der Waals surface area contributed by atoms with E-state index in [1.807, 2.05) is 4.90 Å². The summed E-state index contributed by atoms with van der Waals surface area (Å²) in [4.78, 5) is 22.3. The number of ether oxygens (including phenoxy) is 1. The van der Waals surface area contributed by atoms with E-state index in [0.29, 0.717) is 11.8 Å². The molecule has 3 atom stereocenters. The largest absolute Gasteiger partial charge is 0.446 e. The average Bonchev–Trinajstić information content (AvgIpc) is 2.79. The van der Waals surface area contributed by atoms with Gasteiger partial charge in [-0.1, -0.05) is 17.7 Å². The molecule has 0 bridgehead atoms. The normalized spacial score (nSPS) is 26.7. The second kappa shape index (κ2) is 10.9. The van der Waals surface area contributed by atoms with E-state index in [1.165, 1.54) is 43.5 Å². The molecule has 3 heterocycles. The fourth-order valence-corrected chi connectivity index (χ4v) is 5.75. The molecule has 1 amide bonds. The number of piperidine rings is 2. The number of piperazine rings is 1. The van der Waals surface area contributed by atoms with Crippen molar-refractivity contribution in [3.63, 3.8) is 0 Å². The maximum absolute atomic E-state index is 13.2. The van der Waals surface area contributed by atoms with Crippen molar-refractivity contribution in [2.24, 2.45) is 11.8 Å². The average molecular weight is 443 g/mol. The van der Waals surface area contributed by atoms with Crippen LogP contribution in [0.2, 0.25) is 0 Å². The molecule has 1 aromatic rings. The van der Waals surface area contributed by atoms with Gasteiger partial charge in [-0.15, -0.1) is 0 Å². The van der Waals surface area contributed by atoms with E-state index in [0.717, 1.165) is 52.2 Å². The van der Waals surface area contributed by atoms with Crippen LogP contribution in [0.5, 0.6) is 0 Å². The van der Waals surface area contributed by atoms with E-state index in [9.17, 15) is 4.79 Å². The molecule has 1 unspecified atom stereocenters. The fourth-order valence-electron chi connectivity index (χ4n) is 5.75. The number of aryl methyl sites for hydroxylation is 1. The first-order chi connectivity index (χ1) is 15.5. The quantitative estimate of drug-likeness (QED) is 0.695. The van der Waals surface area contributed by atoms with Crippen molar-refractivity contribution in [2.45, 2.75) is 45.1 Å². The van der Waals surface area contributed by atoms with Gasteiger partial charge in [0.2, 0.25) is 0 Å². The number of anilines is 1. The topological polar surface area (TPSA) is 39.3 Å². The lowest BCUT2D eigenvalue weighted by atomic mass is 9.84. The number of carbonyl (C=O) groups is 1. The third kappa shape index (κ3) is 6.16. The minimum atomic E-state index is -0.101. The van der Waals surface area contributed by atoms with Crippen LogP contribution in [0.4, 0.5) is 10.5 Å². The Morgan fingerprint density at radius 3 is 2.25 bits per heavy atom. The van der Waals surface area contributed by atoms with Crippen molar-refractivity contribution in [2.75, 3.05) is 71.4 Å². The second-order valence-electron chi connectivity index (χ2n) is 10.4. The van der Waals surface area contributed by atoms with Crippen molar-refractivity contribution < 1.29 is 9.53 Å². The molecule has 0 aromatic heterocycles. The first kappa shape index (κ1) is 23.4. The van der Waals surface area contributed by atoms with E-state index in [2.05, 4.69) is 60.0 Å². The highest BCUT2D eigenvalue weighted by atomic mass is 16.6. The number of likely N-dealkylation sites (tertiary alicyclic amines) is 2. The zero-order valence-corrected chi connectivity index (χ0v) is 20.3. The van der Waals surface area contributed by atoms with Gasteiger partial charge in [0, 0.05) is 50.9 Å².